The van der Waals surface area contributed by atoms with Crippen LogP contribution < -0.4 is 15.8 Å². The van der Waals surface area contributed by atoms with Gasteiger partial charge in [0.15, 0.2) is 0 Å². The van der Waals surface area contributed by atoms with Crippen LogP contribution in [0.4, 0.5) is 13.2 Å². The van der Waals surface area contributed by atoms with Crippen molar-refractivity contribution in [2.45, 2.75) is 38.7 Å². The Hall–Kier alpha value is -2.54. The standard InChI is InChI=1S/C19H21F3N2O2/c1-2-17(23)18(25)24-11-13-7-9-15(10-8-13)26-12-14-5-3-4-6-16(14)19(20,21)22/h3-10,17H,2,11-12,23H2,1H3,(H,24,25)/t17-/m0/s1. The molecule has 7 heteroatoms. The Labute approximate surface area is 150 Å². The topological polar surface area (TPSA) is 64.4 Å². The molecule has 3 N–H and O–H groups in total. The number of hydrogen-bond donors (Lipinski definition) is 2. The number of ether oxygens (including phenoxy) is 1. The molecule has 0 aliphatic carbocycles. The highest BCUT2D eigenvalue weighted by Crippen LogP contribution is 2.32. The van der Waals surface area contributed by atoms with Crippen LogP contribution in [0.5, 0.6) is 5.75 Å². The largest absolute Gasteiger partial charge is 0.489 e. The molecule has 2 aromatic carbocycles. The van der Waals surface area contributed by atoms with Crippen LogP contribution >= 0.6 is 0 Å². The van der Waals surface area contributed by atoms with Gasteiger partial charge in [-0.2, -0.15) is 13.2 Å². The Morgan fingerprint density at radius 2 is 1.81 bits per heavy atom. The molecule has 2 rings (SSSR count). The summed E-state index contributed by atoms with van der Waals surface area (Å²) in [6.45, 7) is 1.97. The predicted octanol–water partition coefficient (Wildman–Crippen LogP) is 3.64. The van der Waals surface area contributed by atoms with E-state index in [1.807, 2.05) is 6.92 Å². The fraction of sp³-hybridized carbons (Fsp3) is 0.316. The molecule has 0 aliphatic heterocycles. The molecule has 0 unspecified atom stereocenters. The fourth-order valence-corrected chi connectivity index (χ4v) is 2.29. The van der Waals surface area contributed by atoms with Crippen molar-refractivity contribution in [2.24, 2.45) is 5.73 Å². The van der Waals surface area contributed by atoms with Crippen molar-refractivity contribution in [1.29, 1.82) is 0 Å². The van der Waals surface area contributed by atoms with E-state index < -0.39 is 17.8 Å². The van der Waals surface area contributed by atoms with Gasteiger partial charge in [0.1, 0.15) is 12.4 Å². The maximum Gasteiger partial charge on any atom is 0.416 e. The maximum absolute atomic E-state index is 13.0. The summed E-state index contributed by atoms with van der Waals surface area (Å²) in [7, 11) is 0. The third-order valence-corrected chi connectivity index (χ3v) is 3.88. The number of nitrogens with one attached hydrogen (secondary N) is 1. The van der Waals surface area contributed by atoms with E-state index in [1.165, 1.54) is 12.1 Å². The van der Waals surface area contributed by atoms with E-state index in [0.717, 1.165) is 11.6 Å². The molecule has 26 heavy (non-hydrogen) atoms. The van der Waals surface area contributed by atoms with Gasteiger partial charge in [0.05, 0.1) is 11.6 Å². The lowest BCUT2D eigenvalue weighted by molar-refractivity contribution is -0.138. The normalized spacial score (nSPS) is 12.5. The van der Waals surface area contributed by atoms with Crippen LogP contribution in [-0.4, -0.2) is 11.9 Å². The molecular formula is C19H21F3N2O2. The fourth-order valence-electron chi connectivity index (χ4n) is 2.29. The number of carbonyl (C=O) groups is 1. The highest BCUT2D eigenvalue weighted by atomic mass is 19.4. The molecule has 0 aromatic heterocycles. The van der Waals surface area contributed by atoms with Crippen molar-refractivity contribution in [3.63, 3.8) is 0 Å². The van der Waals surface area contributed by atoms with Crippen molar-refractivity contribution in [2.75, 3.05) is 0 Å². The molecule has 0 heterocycles. The van der Waals surface area contributed by atoms with Crippen molar-refractivity contribution in [1.82, 2.24) is 5.32 Å². The third kappa shape index (κ3) is 5.49. The van der Waals surface area contributed by atoms with E-state index in [0.29, 0.717) is 18.7 Å². The van der Waals surface area contributed by atoms with Gasteiger partial charge in [0.2, 0.25) is 5.91 Å². The SMILES string of the molecule is CC[C@H](N)C(=O)NCc1ccc(OCc2ccccc2C(F)(F)F)cc1. The summed E-state index contributed by atoms with van der Waals surface area (Å²) in [5.74, 6) is 0.221. The van der Waals surface area contributed by atoms with E-state index in [4.69, 9.17) is 10.5 Å². The predicted molar refractivity (Wildman–Crippen MR) is 92.3 cm³/mol. The summed E-state index contributed by atoms with van der Waals surface area (Å²) in [6.07, 6.45) is -3.86. The number of amides is 1. The zero-order valence-corrected chi connectivity index (χ0v) is 14.3. The minimum atomic E-state index is -4.42. The highest BCUT2D eigenvalue weighted by molar-refractivity contribution is 5.81. The zero-order valence-electron chi connectivity index (χ0n) is 14.3. The number of benzene rings is 2. The van der Waals surface area contributed by atoms with Gasteiger partial charge in [0, 0.05) is 12.1 Å². The average molecular weight is 366 g/mol. The molecule has 0 saturated heterocycles. The van der Waals surface area contributed by atoms with Crippen LogP contribution in [0.1, 0.15) is 30.0 Å². The van der Waals surface area contributed by atoms with Gasteiger partial charge in [-0.1, -0.05) is 37.3 Å². The first-order valence-electron chi connectivity index (χ1n) is 8.21. The van der Waals surface area contributed by atoms with Crippen LogP contribution in [0.25, 0.3) is 0 Å². The van der Waals surface area contributed by atoms with Crippen LogP contribution in [0.2, 0.25) is 0 Å². The molecule has 0 saturated carbocycles. The summed E-state index contributed by atoms with van der Waals surface area (Å²) in [6, 6.07) is 11.6. The van der Waals surface area contributed by atoms with E-state index in [2.05, 4.69) is 5.32 Å². The Bertz CT molecular complexity index is 730. The van der Waals surface area contributed by atoms with Crippen LogP contribution in [0.3, 0.4) is 0 Å². The first-order chi connectivity index (χ1) is 12.3. The highest BCUT2D eigenvalue weighted by Gasteiger charge is 2.32. The second kappa shape index (κ2) is 8.71. The van der Waals surface area contributed by atoms with E-state index in [9.17, 15) is 18.0 Å². The van der Waals surface area contributed by atoms with Gasteiger partial charge in [0.25, 0.3) is 0 Å². The van der Waals surface area contributed by atoms with Crippen LogP contribution in [0, 0.1) is 0 Å². The quantitative estimate of drug-likeness (QED) is 0.786. The Morgan fingerprint density at radius 3 is 2.42 bits per heavy atom. The second-order valence-electron chi connectivity index (χ2n) is 5.82. The molecule has 0 bridgehead atoms. The number of halogens is 3. The second-order valence-corrected chi connectivity index (χ2v) is 5.82. The molecule has 4 nitrogen and oxygen atoms in total. The van der Waals surface area contributed by atoms with Gasteiger partial charge < -0.3 is 15.8 Å². The van der Waals surface area contributed by atoms with Gasteiger partial charge >= 0.3 is 6.18 Å². The lowest BCUT2D eigenvalue weighted by atomic mass is 10.1. The van der Waals surface area contributed by atoms with Crippen molar-refractivity contribution < 1.29 is 22.7 Å². The first-order valence-corrected chi connectivity index (χ1v) is 8.21. The van der Waals surface area contributed by atoms with Gasteiger partial charge in [-0.25, -0.2) is 0 Å². The van der Waals surface area contributed by atoms with Gasteiger partial charge in [-0.15, -0.1) is 0 Å². The Morgan fingerprint density at radius 1 is 1.15 bits per heavy atom. The van der Waals surface area contributed by atoms with Crippen molar-refractivity contribution >= 4 is 5.91 Å². The molecule has 1 atom stereocenters. The Balaban J connectivity index is 1.93. The smallest absolute Gasteiger partial charge is 0.416 e. The van der Waals surface area contributed by atoms with Gasteiger partial charge in [-0.05, 0) is 30.2 Å². The zero-order chi connectivity index (χ0) is 19.2. The van der Waals surface area contributed by atoms with Crippen LogP contribution in [0.15, 0.2) is 48.5 Å². The monoisotopic (exact) mass is 366 g/mol. The molecule has 0 fully saturated rings. The molecule has 140 valence electrons. The first kappa shape index (κ1) is 19.8. The summed E-state index contributed by atoms with van der Waals surface area (Å²) in [4.78, 5) is 11.6. The lowest BCUT2D eigenvalue weighted by Crippen LogP contribution is -2.39. The summed E-state index contributed by atoms with van der Waals surface area (Å²) >= 11 is 0. The third-order valence-electron chi connectivity index (χ3n) is 3.88. The van der Waals surface area contributed by atoms with Crippen molar-refractivity contribution in [3.8, 4) is 5.75 Å². The molecule has 2 aromatic rings. The van der Waals surface area contributed by atoms with Crippen LogP contribution in [-0.2, 0) is 24.1 Å². The molecule has 0 radical (unpaired) electrons. The van der Waals surface area contributed by atoms with E-state index >= 15 is 0 Å². The van der Waals surface area contributed by atoms with Crippen molar-refractivity contribution in [3.05, 3.63) is 65.2 Å². The summed E-state index contributed by atoms with van der Waals surface area (Å²) < 4.78 is 44.3. The number of alkyl halides is 3. The minimum Gasteiger partial charge on any atom is -0.489 e. The average Bonchev–Trinajstić information content (AvgIpc) is 2.64. The molecule has 1 amide bonds. The van der Waals surface area contributed by atoms with E-state index in [-0.39, 0.29) is 18.1 Å². The summed E-state index contributed by atoms with van der Waals surface area (Å²) in [5.41, 5.74) is 5.84. The molecule has 0 aliphatic rings. The van der Waals surface area contributed by atoms with E-state index in [1.54, 1.807) is 30.3 Å². The lowest BCUT2D eigenvalue weighted by Gasteiger charge is -2.14. The maximum atomic E-state index is 13.0. The number of hydrogen-bond acceptors (Lipinski definition) is 3. The minimum absolute atomic E-state index is 0.0740. The van der Waals surface area contributed by atoms with Gasteiger partial charge in [-0.3, -0.25) is 4.79 Å². The Kier molecular flexibility index (Phi) is 6.63. The summed E-state index contributed by atoms with van der Waals surface area (Å²) in [5, 5.41) is 2.72. The molecular weight excluding hydrogens is 345 g/mol. The number of carbonyl (C=O) groups excluding carboxylic acids is 1. The number of rotatable bonds is 7. The number of nitrogens with two attached hydrogens (primary N) is 1. The molecule has 0 spiro atoms.